The maximum absolute atomic E-state index is 12.5. The summed E-state index contributed by atoms with van der Waals surface area (Å²) in [6.07, 6.45) is 1.19. The van der Waals surface area contributed by atoms with E-state index in [9.17, 15) is 4.79 Å². The SMILES string of the molecule is CC1CCN(C(C)C(=O)c2ccc(Br)cc2)CC1C. The van der Waals surface area contributed by atoms with Crippen molar-refractivity contribution in [3.63, 3.8) is 0 Å². The average Bonchev–Trinajstić information content (AvgIpc) is 2.41. The molecule has 1 aromatic rings. The number of hydrogen-bond donors (Lipinski definition) is 0. The zero-order chi connectivity index (χ0) is 14.0. The van der Waals surface area contributed by atoms with Gasteiger partial charge in [0.25, 0.3) is 0 Å². The molecule has 1 saturated heterocycles. The summed E-state index contributed by atoms with van der Waals surface area (Å²) in [5, 5.41) is 0. The minimum atomic E-state index is -0.0175. The molecular formula is C16H22BrNO. The van der Waals surface area contributed by atoms with Gasteiger partial charge in [-0.05, 0) is 43.9 Å². The molecule has 0 saturated carbocycles. The van der Waals surface area contributed by atoms with Gasteiger partial charge in [-0.15, -0.1) is 0 Å². The molecule has 2 nitrogen and oxygen atoms in total. The lowest BCUT2D eigenvalue weighted by molar-refractivity contribution is 0.0689. The van der Waals surface area contributed by atoms with Crippen molar-refractivity contribution in [3.05, 3.63) is 34.3 Å². The van der Waals surface area contributed by atoms with Crippen LogP contribution in [0.3, 0.4) is 0 Å². The monoisotopic (exact) mass is 323 g/mol. The number of likely N-dealkylation sites (tertiary alicyclic amines) is 1. The Hall–Kier alpha value is -0.670. The van der Waals surface area contributed by atoms with Crippen LogP contribution in [0, 0.1) is 11.8 Å². The lowest BCUT2D eigenvalue weighted by Crippen LogP contribution is -2.46. The first-order valence-electron chi connectivity index (χ1n) is 7.03. The lowest BCUT2D eigenvalue weighted by Gasteiger charge is -2.38. The van der Waals surface area contributed by atoms with Crippen LogP contribution in [0.1, 0.15) is 37.6 Å². The van der Waals surface area contributed by atoms with Crippen molar-refractivity contribution in [2.24, 2.45) is 11.8 Å². The molecule has 1 fully saturated rings. The second-order valence-corrected chi connectivity index (χ2v) is 6.70. The number of ketones is 1. The third-order valence-electron chi connectivity index (χ3n) is 4.42. The van der Waals surface area contributed by atoms with Gasteiger partial charge >= 0.3 is 0 Å². The summed E-state index contributed by atoms with van der Waals surface area (Å²) in [6, 6.07) is 7.65. The minimum Gasteiger partial charge on any atom is -0.293 e. The summed E-state index contributed by atoms with van der Waals surface area (Å²) in [4.78, 5) is 14.8. The summed E-state index contributed by atoms with van der Waals surface area (Å²) < 4.78 is 1.01. The molecule has 1 aliphatic heterocycles. The largest absolute Gasteiger partial charge is 0.293 e. The van der Waals surface area contributed by atoms with Gasteiger partial charge in [-0.3, -0.25) is 9.69 Å². The van der Waals surface area contributed by atoms with E-state index >= 15 is 0 Å². The minimum absolute atomic E-state index is 0.0175. The molecule has 1 heterocycles. The number of Topliss-reactive ketones (excluding diaryl/α,β-unsaturated/α-hetero) is 1. The fraction of sp³-hybridized carbons (Fsp3) is 0.562. The Morgan fingerprint density at radius 2 is 1.89 bits per heavy atom. The lowest BCUT2D eigenvalue weighted by atomic mass is 9.87. The Bertz CT molecular complexity index is 443. The summed E-state index contributed by atoms with van der Waals surface area (Å²) in [5.74, 6) is 1.68. The van der Waals surface area contributed by atoms with E-state index < -0.39 is 0 Å². The summed E-state index contributed by atoms with van der Waals surface area (Å²) in [6.45, 7) is 8.70. The molecule has 2 rings (SSSR count). The molecule has 104 valence electrons. The quantitative estimate of drug-likeness (QED) is 0.784. The fourth-order valence-corrected chi connectivity index (χ4v) is 2.93. The maximum atomic E-state index is 12.5. The van der Waals surface area contributed by atoms with Crippen LogP contribution in [0.2, 0.25) is 0 Å². The molecule has 0 radical (unpaired) electrons. The molecular weight excluding hydrogens is 302 g/mol. The highest BCUT2D eigenvalue weighted by Gasteiger charge is 2.29. The second kappa shape index (κ2) is 6.19. The number of hydrogen-bond acceptors (Lipinski definition) is 2. The van der Waals surface area contributed by atoms with E-state index in [1.165, 1.54) is 6.42 Å². The van der Waals surface area contributed by atoms with Gasteiger partial charge in [0, 0.05) is 16.6 Å². The molecule has 0 aromatic heterocycles. The van der Waals surface area contributed by atoms with E-state index in [-0.39, 0.29) is 11.8 Å². The predicted octanol–water partition coefficient (Wildman–Crippen LogP) is 4.00. The number of nitrogens with zero attached hydrogens (tertiary/aromatic N) is 1. The first-order valence-corrected chi connectivity index (χ1v) is 7.82. The van der Waals surface area contributed by atoms with Crippen LogP contribution in [0.15, 0.2) is 28.7 Å². The van der Waals surface area contributed by atoms with Crippen LogP contribution in [0.4, 0.5) is 0 Å². The van der Waals surface area contributed by atoms with Crippen molar-refractivity contribution in [2.75, 3.05) is 13.1 Å². The predicted molar refractivity (Wildman–Crippen MR) is 82.5 cm³/mol. The highest BCUT2D eigenvalue weighted by Crippen LogP contribution is 2.25. The van der Waals surface area contributed by atoms with Crippen molar-refractivity contribution in [1.82, 2.24) is 4.90 Å². The topological polar surface area (TPSA) is 20.3 Å². The Morgan fingerprint density at radius 1 is 1.26 bits per heavy atom. The fourth-order valence-electron chi connectivity index (χ4n) is 2.67. The zero-order valence-electron chi connectivity index (χ0n) is 11.9. The highest BCUT2D eigenvalue weighted by atomic mass is 79.9. The molecule has 0 bridgehead atoms. The van der Waals surface area contributed by atoms with Crippen molar-refractivity contribution < 1.29 is 4.79 Å². The van der Waals surface area contributed by atoms with Gasteiger partial charge in [0.15, 0.2) is 5.78 Å². The number of carbonyl (C=O) groups is 1. The van der Waals surface area contributed by atoms with E-state index in [0.717, 1.165) is 29.0 Å². The standard InChI is InChI=1S/C16H22BrNO/c1-11-8-9-18(10-12(11)2)13(3)16(19)14-4-6-15(17)7-5-14/h4-7,11-13H,8-10H2,1-3H3. The van der Waals surface area contributed by atoms with Crippen LogP contribution < -0.4 is 0 Å². The van der Waals surface area contributed by atoms with Crippen LogP contribution in [-0.2, 0) is 0 Å². The molecule has 3 atom stereocenters. The Kier molecular flexibility index (Phi) is 4.80. The molecule has 0 aliphatic carbocycles. The van der Waals surface area contributed by atoms with Gasteiger partial charge in [-0.25, -0.2) is 0 Å². The first kappa shape index (κ1) is 14.7. The third-order valence-corrected chi connectivity index (χ3v) is 4.95. The number of carbonyl (C=O) groups excluding carboxylic acids is 1. The smallest absolute Gasteiger partial charge is 0.179 e. The van der Waals surface area contributed by atoms with Crippen molar-refractivity contribution in [1.29, 1.82) is 0 Å². The van der Waals surface area contributed by atoms with Gasteiger partial charge in [0.05, 0.1) is 6.04 Å². The molecule has 3 heteroatoms. The van der Waals surface area contributed by atoms with Crippen LogP contribution in [0.25, 0.3) is 0 Å². The van der Waals surface area contributed by atoms with E-state index in [4.69, 9.17) is 0 Å². The van der Waals surface area contributed by atoms with Crippen LogP contribution in [0.5, 0.6) is 0 Å². The van der Waals surface area contributed by atoms with E-state index in [0.29, 0.717) is 5.92 Å². The zero-order valence-corrected chi connectivity index (χ0v) is 13.5. The molecule has 0 N–H and O–H groups in total. The van der Waals surface area contributed by atoms with Gasteiger partial charge in [-0.2, -0.15) is 0 Å². The van der Waals surface area contributed by atoms with Crippen molar-refractivity contribution >= 4 is 21.7 Å². The summed E-state index contributed by atoms with van der Waals surface area (Å²) in [5.41, 5.74) is 0.807. The van der Waals surface area contributed by atoms with Crippen molar-refractivity contribution in [3.8, 4) is 0 Å². The third kappa shape index (κ3) is 3.46. The molecule has 19 heavy (non-hydrogen) atoms. The normalized spacial score (nSPS) is 26.1. The highest BCUT2D eigenvalue weighted by molar-refractivity contribution is 9.10. The number of benzene rings is 1. The maximum Gasteiger partial charge on any atom is 0.179 e. The van der Waals surface area contributed by atoms with E-state index in [1.807, 2.05) is 31.2 Å². The number of rotatable bonds is 3. The Labute approximate surface area is 124 Å². The summed E-state index contributed by atoms with van der Waals surface area (Å²) in [7, 11) is 0. The van der Waals surface area contributed by atoms with Crippen LogP contribution >= 0.6 is 15.9 Å². The Balaban J connectivity index is 2.05. The number of piperidine rings is 1. The molecule has 1 aromatic carbocycles. The van der Waals surface area contributed by atoms with Gasteiger partial charge in [0.2, 0.25) is 0 Å². The second-order valence-electron chi connectivity index (χ2n) is 5.79. The molecule has 0 amide bonds. The van der Waals surface area contributed by atoms with Crippen molar-refractivity contribution in [2.45, 2.75) is 33.2 Å². The summed E-state index contributed by atoms with van der Waals surface area (Å²) >= 11 is 3.40. The van der Waals surface area contributed by atoms with E-state index in [2.05, 4.69) is 34.7 Å². The van der Waals surface area contributed by atoms with Gasteiger partial charge < -0.3 is 0 Å². The Morgan fingerprint density at radius 3 is 2.47 bits per heavy atom. The van der Waals surface area contributed by atoms with Gasteiger partial charge in [0.1, 0.15) is 0 Å². The van der Waals surface area contributed by atoms with Gasteiger partial charge in [-0.1, -0.05) is 41.9 Å². The van der Waals surface area contributed by atoms with Crippen LogP contribution in [-0.4, -0.2) is 29.8 Å². The van der Waals surface area contributed by atoms with E-state index in [1.54, 1.807) is 0 Å². The number of halogens is 1. The first-order chi connectivity index (χ1) is 8.99. The molecule has 3 unspecified atom stereocenters. The molecule has 1 aliphatic rings. The molecule has 0 spiro atoms. The average molecular weight is 324 g/mol.